The zero-order chi connectivity index (χ0) is 12.1. The quantitative estimate of drug-likeness (QED) is 0.792. The van der Waals surface area contributed by atoms with Crippen LogP contribution in [0.1, 0.15) is 11.1 Å². The van der Waals surface area contributed by atoms with Gasteiger partial charge in [-0.1, -0.05) is 30.3 Å². The van der Waals surface area contributed by atoms with E-state index in [-0.39, 0.29) is 12.4 Å². The number of nitrogens with zero attached hydrogens (tertiary/aromatic N) is 1. The lowest BCUT2D eigenvalue weighted by molar-refractivity contribution is 0.282. The molecule has 0 aliphatic carbocycles. The van der Waals surface area contributed by atoms with Crippen LogP contribution in [0.2, 0.25) is 0 Å². The van der Waals surface area contributed by atoms with Crippen LogP contribution in [0.15, 0.2) is 53.5 Å². The van der Waals surface area contributed by atoms with Crippen molar-refractivity contribution in [2.45, 2.75) is 6.61 Å². The van der Waals surface area contributed by atoms with E-state index < -0.39 is 0 Å². The van der Waals surface area contributed by atoms with Crippen molar-refractivity contribution in [3.63, 3.8) is 0 Å². The fourth-order valence-corrected chi connectivity index (χ4v) is 1.52. The van der Waals surface area contributed by atoms with E-state index in [1.54, 1.807) is 24.4 Å². The summed E-state index contributed by atoms with van der Waals surface area (Å²) in [5.41, 5.74) is 2.33. The summed E-state index contributed by atoms with van der Waals surface area (Å²) in [7, 11) is 0. The molecule has 0 saturated carbocycles. The molecule has 0 bridgehead atoms. The van der Waals surface area contributed by atoms with Crippen LogP contribution in [0, 0.1) is 0 Å². The van der Waals surface area contributed by atoms with Gasteiger partial charge in [-0.25, -0.2) is 0 Å². The summed E-state index contributed by atoms with van der Waals surface area (Å²) in [5, 5.41) is 18.5. The molecule has 0 unspecified atom stereocenters. The maximum atomic E-state index is 9.31. The molecule has 0 aliphatic heterocycles. The number of phenolic OH excluding ortho intramolecular Hbond substituents is 1. The number of hydrogen-bond acceptors (Lipinski definition) is 3. The second-order valence-corrected chi connectivity index (χ2v) is 3.64. The number of aliphatic hydroxyl groups is 1. The lowest BCUT2D eigenvalue weighted by Crippen LogP contribution is -1.84. The van der Waals surface area contributed by atoms with Crippen molar-refractivity contribution in [2.24, 2.45) is 4.99 Å². The van der Waals surface area contributed by atoms with Gasteiger partial charge in [0.05, 0.1) is 12.3 Å². The first kappa shape index (κ1) is 11.4. The molecule has 3 heteroatoms. The summed E-state index contributed by atoms with van der Waals surface area (Å²) < 4.78 is 0. The number of aliphatic imine (C=N–C) groups is 1. The normalized spacial score (nSPS) is 10.9. The summed E-state index contributed by atoms with van der Waals surface area (Å²) in [6.07, 6.45) is 1.66. The highest BCUT2D eigenvalue weighted by Crippen LogP contribution is 2.18. The number of phenols is 1. The molecule has 0 atom stereocenters. The number of aromatic hydroxyl groups is 1. The fraction of sp³-hybridized carbons (Fsp3) is 0.0714. The highest BCUT2D eigenvalue weighted by molar-refractivity contribution is 5.82. The zero-order valence-corrected chi connectivity index (χ0v) is 9.24. The zero-order valence-electron chi connectivity index (χ0n) is 9.24. The van der Waals surface area contributed by atoms with Gasteiger partial charge in [-0.15, -0.1) is 0 Å². The highest BCUT2D eigenvalue weighted by atomic mass is 16.3. The molecule has 86 valence electrons. The van der Waals surface area contributed by atoms with Crippen LogP contribution in [0.3, 0.4) is 0 Å². The Labute approximate surface area is 99.7 Å². The van der Waals surface area contributed by atoms with Gasteiger partial charge < -0.3 is 10.2 Å². The molecule has 0 aliphatic rings. The van der Waals surface area contributed by atoms with E-state index in [2.05, 4.69) is 4.99 Å². The fourth-order valence-electron chi connectivity index (χ4n) is 1.52. The highest BCUT2D eigenvalue weighted by Gasteiger charge is 1.97. The Morgan fingerprint density at radius 3 is 2.65 bits per heavy atom. The molecule has 2 aromatic rings. The summed E-state index contributed by atoms with van der Waals surface area (Å²) >= 11 is 0. The van der Waals surface area contributed by atoms with Crippen LogP contribution in [0.4, 0.5) is 5.69 Å². The van der Waals surface area contributed by atoms with E-state index in [4.69, 9.17) is 5.11 Å². The predicted molar refractivity (Wildman–Crippen MR) is 67.7 cm³/mol. The predicted octanol–water partition coefficient (Wildman–Crippen LogP) is 2.64. The third-order valence-electron chi connectivity index (χ3n) is 2.38. The topological polar surface area (TPSA) is 52.8 Å². The summed E-state index contributed by atoms with van der Waals surface area (Å²) in [6.45, 7) is -0.0342. The van der Waals surface area contributed by atoms with Crippen LogP contribution < -0.4 is 0 Å². The van der Waals surface area contributed by atoms with Crippen molar-refractivity contribution in [2.75, 3.05) is 0 Å². The first-order chi connectivity index (χ1) is 8.29. The third kappa shape index (κ3) is 2.92. The summed E-state index contributed by atoms with van der Waals surface area (Å²) in [6, 6.07) is 14.2. The average molecular weight is 227 g/mol. The van der Waals surface area contributed by atoms with Gasteiger partial charge >= 0.3 is 0 Å². The molecule has 0 aromatic heterocycles. The molecular weight excluding hydrogens is 214 g/mol. The van der Waals surface area contributed by atoms with Gasteiger partial charge in [0.15, 0.2) is 0 Å². The van der Waals surface area contributed by atoms with Gasteiger partial charge in [0.1, 0.15) is 5.75 Å². The van der Waals surface area contributed by atoms with Crippen LogP contribution in [-0.4, -0.2) is 16.4 Å². The Kier molecular flexibility index (Phi) is 3.52. The molecule has 17 heavy (non-hydrogen) atoms. The Morgan fingerprint density at radius 2 is 1.88 bits per heavy atom. The van der Waals surface area contributed by atoms with Gasteiger partial charge in [0.25, 0.3) is 0 Å². The molecule has 0 radical (unpaired) electrons. The first-order valence-electron chi connectivity index (χ1n) is 5.31. The van der Waals surface area contributed by atoms with Crippen molar-refractivity contribution in [3.8, 4) is 5.75 Å². The molecule has 2 aromatic carbocycles. The minimum absolute atomic E-state index is 0.0342. The maximum Gasteiger partial charge on any atom is 0.116 e. The monoisotopic (exact) mass is 227 g/mol. The van der Waals surface area contributed by atoms with Gasteiger partial charge in [0.2, 0.25) is 0 Å². The van der Waals surface area contributed by atoms with Crippen LogP contribution in [0.25, 0.3) is 0 Å². The molecular formula is C14H13NO2. The van der Waals surface area contributed by atoms with E-state index in [1.807, 2.05) is 30.3 Å². The minimum Gasteiger partial charge on any atom is -0.508 e. The van der Waals surface area contributed by atoms with E-state index in [0.717, 1.165) is 16.8 Å². The smallest absolute Gasteiger partial charge is 0.116 e. The van der Waals surface area contributed by atoms with Gasteiger partial charge in [-0.3, -0.25) is 4.99 Å². The van der Waals surface area contributed by atoms with Crippen molar-refractivity contribution in [1.29, 1.82) is 0 Å². The lowest BCUT2D eigenvalue weighted by Gasteiger charge is -2.01. The molecule has 0 amide bonds. The number of hydrogen-bond donors (Lipinski definition) is 2. The molecule has 3 nitrogen and oxygen atoms in total. The van der Waals surface area contributed by atoms with Crippen molar-refractivity contribution in [3.05, 3.63) is 59.7 Å². The number of benzene rings is 2. The third-order valence-corrected chi connectivity index (χ3v) is 2.38. The Hall–Kier alpha value is -2.13. The van der Waals surface area contributed by atoms with E-state index in [0.29, 0.717) is 0 Å². The Bertz CT molecular complexity index is 535. The van der Waals surface area contributed by atoms with E-state index in [9.17, 15) is 5.11 Å². The summed E-state index contributed by atoms with van der Waals surface area (Å²) in [4.78, 5) is 4.29. The number of aliphatic hydroxyl groups excluding tert-OH is 1. The lowest BCUT2D eigenvalue weighted by atomic mass is 10.2. The molecule has 2 N–H and O–H groups in total. The van der Waals surface area contributed by atoms with Gasteiger partial charge in [-0.05, 0) is 23.8 Å². The van der Waals surface area contributed by atoms with Crippen LogP contribution in [0.5, 0.6) is 5.75 Å². The Morgan fingerprint density at radius 1 is 1.06 bits per heavy atom. The average Bonchev–Trinajstić information content (AvgIpc) is 2.37. The van der Waals surface area contributed by atoms with E-state index in [1.165, 1.54) is 0 Å². The summed E-state index contributed by atoms with van der Waals surface area (Å²) in [5.74, 6) is 0.212. The van der Waals surface area contributed by atoms with Gasteiger partial charge in [0, 0.05) is 11.8 Å². The molecule has 0 fully saturated rings. The second-order valence-electron chi connectivity index (χ2n) is 3.64. The SMILES string of the molecule is OCc1ccccc1N=Cc1cccc(O)c1. The molecule has 0 spiro atoms. The van der Waals surface area contributed by atoms with Crippen molar-refractivity contribution in [1.82, 2.24) is 0 Å². The molecule has 0 heterocycles. The number of para-hydroxylation sites is 1. The van der Waals surface area contributed by atoms with Crippen LogP contribution >= 0.6 is 0 Å². The number of rotatable bonds is 3. The minimum atomic E-state index is -0.0342. The Balaban J connectivity index is 2.26. The van der Waals surface area contributed by atoms with Crippen molar-refractivity contribution >= 4 is 11.9 Å². The maximum absolute atomic E-state index is 9.31. The van der Waals surface area contributed by atoms with Gasteiger partial charge in [-0.2, -0.15) is 0 Å². The van der Waals surface area contributed by atoms with E-state index >= 15 is 0 Å². The van der Waals surface area contributed by atoms with Crippen molar-refractivity contribution < 1.29 is 10.2 Å². The largest absolute Gasteiger partial charge is 0.508 e. The second kappa shape index (κ2) is 5.27. The van der Waals surface area contributed by atoms with Crippen LogP contribution in [-0.2, 0) is 6.61 Å². The first-order valence-corrected chi connectivity index (χ1v) is 5.31. The molecule has 0 saturated heterocycles. The standard InChI is InChI=1S/C14H13NO2/c16-10-12-5-1-2-7-14(12)15-9-11-4-3-6-13(17)8-11/h1-9,16-17H,10H2. The molecule has 2 rings (SSSR count).